The zero-order valence-corrected chi connectivity index (χ0v) is 18.1. The SMILES string of the molecule is Cc1cnc(N2CCC3(CC2)OCCO3)nc1C(C#N)=C1NC(c2ccccc2)=CS1. The molecule has 8 heteroatoms. The Balaban J connectivity index is 1.38. The summed E-state index contributed by atoms with van der Waals surface area (Å²) in [6, 6.07) is 12.4. The van der Waals surface area contributed by atoms with Crippen molar-refractivity contribution in [2.24, 2.45) is 0 Å². The van der Waals surface area contributed by atoms with Crippen LogP contribution in [0.2, 0.25) is 0 Å². The molecule has 4 heterocycles. The van der Waals surface area contributed by atoms with Crippen LogP contribution >= 0.6 is 11.8 Å². The number of rotatable bonds is 3. The molecule has 0 saturated carbocycles. The number of benzene rings is 1. The molecule has 0 radical (unpaired) electrons. The number of nitrogens with one attached hydrogen (secondary N) is 1. The second-order valence-electron chi connectivity index (χ2n) is 7.75. The van der Waals surface area contributed by atoms with Crippen LogP contribution in [0.25, 0.3) is 11.3 Å². The molecule has 158 valence electrons. The number of hydrogen-bond donors (Lipinski definition) is 1. The maximum Gasteiger partial charge on any atom is 0.225 e. The molecule has 5 rings (SSSR count). The van der Waals surface area contributed by atoms with Crippen LogP contribution in [0.5, 0.6) is 0 Å². The molecule has 2 fully saturated rings. The minimum atomic E-state index is -0.437. The molecule has 1 aromatic heterocycles. The van der Waals surface area contributed by atoms with Gasteiger partial charge in [-0.2, -0.15) is 5.26 Å². The van der Waals surface area contributed by atoms with E-state index in [-0.39, 0.29) is 0 Å². The summed E-state index contributed by atoms with van der Waals surface area (Å²) in [5.74, 6) is 0.203. The third kappa shape index (κ3) is 3.92. The first-order valence-corrected chi connectivity index (χ1v) is 11.3. The largest absolute Gasteiger partial charge is 0.348 e. The monoisotopic (exact) mass is 433 g/mol. The highest BCUT2D eigenvalue weighted by Crippen LogP contribution is 2.36. The Kier molecular flexibility index (Phi) is 5.40. The van der Waals surface area contributed by atoms with E-state index in [0.29, 0.717) is 30.4 Å². The van der Waals surface area contributed by atoms with Gasteiger partial charge in [0.1, 0.15) is 11.6 Å². The van der Waals surface area contributed by atoms with Crippen LogP contribution in [0.3, 0.4) is 0 Å². The molecule has 0 atom stereocenters. The van der Waals surface area contributed by atoms with E-state index in [4.69, 9.17) is 14.5 Å². The number of thioether (sulfide) groups is 1. The fraction of sp³-hybridized carbons (Fsp3) is 0.348. The smallest absolute Gasteiger partial charge is 0.225 e. The average Bonchev–Trinajstić information content (AvgIpc) is 3.47. The van der Waals surface area contributed by atoms with Crippen LogP contribution in [0.1, 0.15) is 29.7 Å². The Morgan fingerprint density at radius 3 is 2.65 bits per heavy atom. The standard InChI is InChI=1S/C23H23N5O2S/c1-16-14-25-22(28-9-7-23(8-10-28)29-11-12-30-23)27-20(16)18(13-24)21-26-19(15-31-21)17-5-3-2-4-6-17/h2-6,14-15,26H,7-12H2,1H3. The van der Waals surface area contributed by atoms with E-state index in [2.05, 4.69) is 21.3 Å². The molecule has 2 aromatic rings. The average molecular weight is 434 g/mol. The van der Waals surface area contributed by atoms with Crippen molar-refractivity contribution in [2.45, 2.75) is 25.6 Å². The van der Waals surface area contributed by atoms with Crippen molar-refractivity contribution < 1.29 is 9.47 Å². The summed E-state index contributed by atoms with van der Waals surface area (Å²) in [6.07, 6.45) is 3.37. The van der Waals surface area contributed by atoms with Crippen molar-refractivity contribution in [1.29, 1.82) is 5.26 Å². The van der Waals surface area contributed by atoms with Crippen LogP contribution in [0.15, 0.2) is 47.0 Å². The predicted octanol–water partition coefficient (Wildman–Crippen LogP) is 3.66. The minimum absolute atomic E-state index is 0.437. The van der Waals surface area contributed by atoms with E-state index in [1.807, 2.05) is 42.7 Å². The van der Waals surface area contributed by atoms with Gasteiger partial charge in [0.05, 0.1) is 29.6 Å². The fourth-order valence-electron chi connectivity index (χ4n) is 4.06. The summed E-state index contributed by atoms with van der Waals surface area (Å²) < 4.78 is 11.6. The number of nitrogens with zero attached hydrogens (tertiary/aromatic N) is 4. The van der Waals surface area contributed by atoms with Gasteiger partial charge in [0.25, 0.3) is 0 Å². The molecule has 0 bridgehead atoms. The number of piperidine rings is 1. The van der Waals surface area contributed by atoms with Gasteiger partial charge >= 0.3 is 0 Å². The van der Waals surface area contributed by atoms with Gasteiger partial charge < -0.3 is 19.7 Å². The van der Waals surface area contributed by atoms with Gasteiger partial charge in [-0.3, -0.25) is 0 Å². The summed E-state index contributed by atoms with van der Waals surface area (Å²) in [5, 5.41) is 16.2. The first kappa shape index (κ1) is 20.1. The van der Waals surface area contributed by atoms with Gasteiger partial charge in [-0.25, -0.2) is 9.97 Å². The second kappa shape index (κ2) is 8.35. The number of aryl methyl sites for hydroxylation is 1. The highest BCUT2D eigenvalue weighted by atomic mass is 32.2. The molecule has 1 N–H and O–H groups in total. The van der Waals surface area contributed by atoms with Gasteiger partial charge in [0, 0.05) is 37.5 Å². The Morgan fingerprint density at radius 1 is 1.19 bits per heavy atom. The Morgan fingerprint density at radius 2 is 1.94 bits per heavy atom. The maximum atomic E-state index is 9.97. The zero-order valence-electron chi connectivity index (χ0n) is 17.3. The summed E-state index contributed by atoms with van der Waals surface area (Å²) in [7, 11) is 0. The number of allylic oxidation sites excluding steroid dienone is 1. The van der Waals surface area contributed by atoms with Gasteiger partial charge in [-0.1, -0.05) is 42.1 Å². The van der Waals surface area contributed by atoms with Crippen molar-refractivity contribution in [3.63, 3.8) is 0 Å². The lowest BCUT2D eigenvalue weighted by atomic mass is 10.0. The van der Waals surface area contributed by atoms with E-state index in [1.54, 1.807) is 6.20 Å². The first-order valence-electron chi connectivity index (χ1n) is 10.4. The molecule has 1 aromatic carbocycles. The fourth-order valence-corrected chi connectivity index (χ4v) is 4.92. The second-order valence-corrected chi connectivity index (χ2v) is 8.63. The van der Waals surface area contributed by atoms with E-state index in [9.17, 15) is 5.26 Å². The van der Waals surface area contributed by atoms with Crippen molar-refractivity contribution in [2.75, 3.05) is 31.2 Å². The number of hydrogen-bond acceptors (Lipinski definition) is 8. The van der Waals surface area contributed by atoms with E-state index in [0.717, 1.165) is 47.8 Å². The van der Waals surface area contributed by atoms with Gasteiger partial charge in [0.2, 0.25) is 5.95 Å². The lowest BCUT2D eigenvalue weighted by Crippen LogP contribution is -2.45. The van der Waals surface area contributed by atoms with E-state index < -0.39 is 5.79 Å². The van der Waals surface area contributed by atoms with E-state index >= 15 is 0 Å². The molecule has 7 nitrogen and oxygen atoms in total. The third-order valence-electron chi connectivity index (χ3n) is 5.78. The third-order valence-corrected chi connectivity index (χ3v) is 6.68. The molecule has 0 amide bonds. The van der Waals surface area contributed by atoms with Gasteiger partial charge in [-0.05, 0) is 18.1 Å². The molecule has 3 aliphatic heterocycles. The molecule has 3 aliphatic rings. The van der Waals surface area contributed by atoms with Crippen LogP contribution in [-0.4, -0.2) is 42.1 Å². The van der Waals surface area contributed by atoms with Crippen LogP contribution in [0.4, 0.5) is 5.95 Å². The Labute approximate surface area is 185 Å². The molecule has 1 spiro atoms. The molecule has 2 saturated heterocycles. The topological polar surface area (TPSA) is 83.3 Å². The number of nitriles is 1. The van der Waals surface area contributed by atoms with Crippen LogP contribution in [0, 0.1) is 18.3 Å². The highest BCUT2D eigenvalue weighted by Gasteiger charge is 2.40. The highest BCUT2D eigenvalue weighted by molar-refractivity contribution is 8.06. The predicted molar refractivity (Wildman–Crippen MR) is 121 cm³/mol. The molecule has 0 unspecified atom stereocenters. The zero-order chi connectivity index (χ0) is 21.3. The lowest BCUT2D eigenvalue weighted by molar-refractivity contribution is -0.169. The van der Waals surface area contributed by atoms with Crippen LogP contribution < -0.4 is 10.2 Å². The Bertz CT molecular complexity index is 1080. The lowest BCUT2D eigenvalue weighted by Gasteiger charge is -2.37. The number of anilines is 1. The van der Waals surface area contributed by atoms with Crippen molar-refractivity contribution in [1.82, 2.24) is 15.3 Å². The summed E-state index contributed by atoms with van der Waals surface area (Å²) in [4.78, 5) is 11.5. The molecule has 31 heavy (non-hydrogen) atoms. The van der Waals surface area contributed by atoms with Crippen molar-refractivity contribution in [3.8, 4) is 6.07 Å². The summed E-state index contributed by atoms with van der Waals surface area (Å²) in [6.45, 7) is 4.77. The maximum absolute atomic E-state index is 9.97. The van der Waals surface area contributed by atoms with Gasteiger partial charge in [-0.15, -0.1) is 0 Å². The number of ether oxygens (including phenoxy) is 2. The normalized spacial score (nSPS) is 21.5. The quantitative estimate of drug-likeness (QED) is 0.735. The number of aromatic nitrogens is 2. The molecule has 0 aliphatic carbocycles. The van der Waals surface area contributed by atoms with Crippen molar-refractivity contribution in [3.05, 3.63) is 63.8 Å². The summed E-state index contributed by atoms with van der Waals surface area (Å²) in [5.41, 5.74) is 4.14. The molecular weight excluding hydrogens is 410 g/mol. The molecular formula is C23H23N5O2S. The first-order chi connectivity index (χ1) is 15.2. The van der Waals surface area contributed by atoms with E-state index in [1.165, 1.54) is 11.8 Å². The van der Waals surface area contributed by atoms with Crippen LogP contribution in [-0.2, 0) is 9.47 Å². The Hall–Kier alpha value is -2.86. The summed E-state index contributed by atoms with van der Waals surface area (Å²) >= 11 is 1.51. The van der Waals surface area contributed by atoms with Gasteiger partial charge in [0.15, 0.2) is 5.79 Å². The minimum Gasteiger partial charge on any atom is -0.348 e. The van der Waals surface area contributed by atoms with Crippen molar-refractivity contribution >= 4 is 29.0 Å².